The third-order valence-electron chi connectivity index (χ3n) is 1.25. The molecule has 84 valence electrons. The zero-order valence-corrected chi connectivity index (χ0v) is 9.39. The highest BCUT2D eigenvalue weighted by atomic mass is 32.2. The lowest BCUT2D eigenvalue weighted by molar-refractivity contribution is -0.132. The van der Waals surface area contributed by atoms with Gasteiger partial charge in [0.15, 0.2) is 0 Å². The predicted molar refractivity (Wildman–Crippen MR) is 57.7 cm³/mol. The molecular formula is C9H13NO4S. The second-order valence-electron chi connectivity index (χ2n) is 3.06. The molecule has 0 amide bonds. The fraction of sp³-hybridized carbons (Fsp3) is 0.222. The molecule has 0 aliphatic carbocycles. The van der Waals surface area contributed by atoms with Crippen LogP contribution in [0, 0.1) is 0 Å². The number of carboxylic acids is 1. The highest BCUT2D eigenvalue weighted by Crippen LogP contribution is 2.09. The average molecular weight is 231 g/mol. The minimum Gasteiger partial charge on any atom is -0.478 e. The second-order valence-corrected chi connectivity index (χ2v) is 4.81. The first-order valence-corrected chi connectivity index (χ1v) is 5.80. The summed E-state index contributed by atoms with van der Waals surface area (Å²) in [5.41, 5.74) is 0.0739. The van der Waals surface area contributed by atoms with Crippen molar-refractivity contribution in [2.75, 3.05) is 6.26 Å². The summed E-state index contributed by atoms with van der Waals surface area (Å²) in [5, 5.41) is 8.78. The molecule has 0 heterocycles. The average Bonchev–Trinajstić information content (AvgIpc) is 1.95. The molecule has 0 atom stereocenters. The third kappa shape index (κ3) is 5.69. The zero-order chi connectivity index (χ0) is 12.2. The van der Waals surface area contributed by atoms with Gasteiger partial charge in [-0.15, -0.1) is 0 Å². The molecular weight excluding hydrogens is 218 g/mol. The number of carbonyl (C=O) groups is 1. The monoisotopic (exact) mass is 231 g/mol. The number of hydrogen-bond acceptors (Lipinski definition) is 3. The van der Waals surface area contributed by atoms with E-state index in [1.54, 1.807) is 6.92 Å². The van der Waals surface area contributed by atoms with Crippen LogP contribution in [-0.4, -0.2) is 25.7 Å². The summed E-state index contributed by atoms with van der Waals surface area (Å²) >= 11 is 0. The summed E-state index contributed by atoms with van der Waals surface area (Å²) in [6, 6.07) is 0. The third-order valence-corrected chi connectivity index (χ3v) is 1.87. The van der Waals surface area contributed by atoms with Gasteiger partial charge >= 0.3 is 5.97 Å². The second kappa shape index (κ2) is 4.79. The van der Waals surface area contributed by atoms with Crippen LogP contribution in [0.1, 0.15) is 6.92 Å². The molecule has 0 fully saturated rings. The normalized spacial score (nSPS) is 12.0. The maximum absolute atomic E-state index is 10.8. The Morgan fingerprint density at radius 1 is 1.40 bits per heavy atom. The number of nitrogens with one attached hydrogen (secondary N) is 1. The zero-order valence-electron chi connectivity index (χ0n) is 8.57. The first-order chi connectivity index (χ1) is 6.63. The molecule has 0 aliphatic heterocycles. The number of sulfonamides is 1. The van der Waals surface area contributed by atoms with Crippen LogP contribution in [0.5, 0.6) is 0 Å². The maximum atomic E-state index is 10.8. The molecule has 2 N–H and O–H groups in total. The molecule has 0 saturated carbocycles. The van der Waals surface area contributed by atoms with E-state index < -0.39 is 16.0 Å². The van der Waals surface area contributed by atoms with E-state index in [0.717, 1.165) is 6.26 Å². The molecule has 15 heavy (non-hydrogen) atoms. The molecule has 5 nitrogen and oxygen atoms in total. The minimum absolute atomic E-state index is 0.187. The highest BCUT2D eigenvalue weighted by Gasteiger charge is 2.14. The van der Waals surface area contributed by atoms with Gasteiger partial charge < -0.3 is 5.11 Å². The van der Waals surface area contributed by atoms with Crippen molar-refractivity contribution in [1.29, 1.82) is 0 Å². The Morgan fingerprint density at radius 3 is 2.13 bits per heavy atom. The van der Waals surface area contributed by atoms with Crippen LogP contribution < -0.4 is 4.72 Å². The van der Waals surface area contributed by atoms with Crippen molar-refractivity contribution in [3.05, 3.63) is 36.1 Å². The Labute approximate surface area is 88.9 Å². The molecule has 0 aromatic rings. The lowest BCUT2D eigenvalue weighted by atomic mass is 10.1. The summed E-state index contributed by atoms with van der Waals surface area (Å²) in [7, 11) is -3.52. The standard InChI is InChI=1S/C9H13NO4S/c1-6(2)5-8(9(11)12)7(3)10-15(4,13)14/h5,10H,1,3H2,2,4H3,(H,11,12)/b8-5+. The summed E-state index contributed by atoms with van der Waals surface area (Å²) < 4.78 is 23.7. The fourth-order valence-electron chi connectivity index (χ4n) is 0.803. The van der Waals surface area contributed by atoms with E-state index in [1.165, 1.54) is 6.08 Å². The van der Waals surface area contributed by atoms with E-state index in [2.05, 4.69) is 13.2 Å². The van der Waals surface area contributed by atoms with Gasteiger partial charge in [-0.1, -0.05) is 18.7 Å². The lowest BCUT2D eigenvalue weighted by Crippen LogP contribution is -2.24. The Morgan fingerprint density at radius 2 is 1.87 bits per heavy atom. The molecule has 0 aliphatic rings. The maximum Gasteiger partial charge on any atom is 0.337 e. The number of carboxylic acid groups (broad SMARTS) is 1. The van der Waals surface area contributed by atoms with Gasteiger partial charge in [0.2, 0.25) is 10.0 Å². The van der Waals surface area contributed by atoms with Crippen LogP contribution >= 0.6 is 0 Å². The summed E-state index contributed by atoms with van der Waals surface area (Å²) in [6.07, 6.45) is 2.15. The van der Waals surface area contributed by atoms with Gasteiger partial charge in [-0.2, -0.15) is 0 Å². The molecule has 0 aromatic heterocycles. The molecule has 0 saturated heterocycles. The highest BCUT2D eigenvalue weighted by molar-refractivity contribution is 7.88. The molecule has 0 radical (unpaired) electrons. The van der Waals surface area contributed by atoms with E-state index in [0.29, 0.717) is 5.57 Å². The van der Waals surface area contributed by atoms with Crippen LogP contribution in [0.15, 0.2) is 36.1 Å². The first kappa shape index (κ1) is 13.4. The number of hydrogen-bond donors (Lipinski definition) is 2. The van der Waals surface area contributed by atoms with Gasteiger partial charge in [0.1, 0.15) is 0 Å². The van der Waals surface area contributed by atoms with Gasteiger partial charge in [-0.05, 0) is 13.0 Å². The van der Waals surface area contributed by atoms with Crippen LogP contribution in [0.3, 0.4) is 0 Å². The number of rotatable bonds is 5. The summed E-state index contributed by atoms with van der Waals surface area (Å²) in [4.78, 5) is 10.8. The van der Waals surface area contributed by atoms with Crippen molar-refractivity contribution in [2.45, 2.75) is 6.92 Å². The fourth-order valence-corrected chi connectivity index (χ4v) is 1.36. The van der Waals surface area contributed by atoms with Crippen molar-refractivity contribution in [3.8, 4) is 0 Å². The molecule has 0 aromatic carbocycles. The summed E-state index contributed by atoms with van der Waals surface area (Å²) in [5.74, 6) is -1.26. The van der Waals surface area contributed by atoms with Gasteiger partial charge in [-0.3, -0.25) is 4.72 Å². The number of aliphatic carboxylic acids is 1. The van der Waals surface area contributed by atoms with Gasteiger partial charge in [0, 0.05) is 0 Å². The van der Waals surface area contributed by atoms with Crippen LogP contribution in [0.2, 0.25) is 0 Å². The molecule has 0 bridgehead atoms. The van der Waals surface area contributed by atoms with Crippen molar-refractivity contribution in [3.63, 3.8) is 0 Å². The minimum atomic E-state index is -3.52. The van der Waals surface area contributed by atoms with Crippen molar-refractivity contribution >= 4 is 16.0 Å². The van der Waals surface area contributed by atoms with E-state index >= 15 is 0 Å². The topological polar surface area (TPSA) is 83.5 Å². The smallest absolute Gasteiger partial charge is 0.337 e. The van der Waals surface area contributed by atoms with Crippen LogP contribution in [-0.2, 0) is 14.8 Å². The lowest BCUT2D eigenvalue weighted by Gasteiger charge is -2.08. The SMILES string of the molecule is C=C(C)/C=C(\C(=C)NS(C)(=O)=O)C(=O)O. The van der Waals surface area contributed by atoms with Crippen molar-refractivity contribution < 1.29 is 18.3 Å². The molecule has 6 heteroatoms. The Balaban J connectivity index is 5.06. The molecule has 0 spiro atoms. The largest absolute Gasteiger partial charge is 0.478 e. The Kier molecular flexibility index (Phi) is 4.29. The first-order valence-electron chi connectivity index (χ1n) is 3.91. The van der Waals surface area contributed by atoms with Crippen molar-refractivity contribution in [2.24, 2.45) is 0 Å². The van der Waals surface area contributed by atoms with E-state index in [1.807, 2.05) is 4.72 Å². The van der Waals surface area contributed by atoms with Gasteiger partial charge in [-0.25, -0.2) is 13.2 Å². The predicted octanol–water partition coefficient (Wildman–Crippen LogP) is 0.636. The van der Waals surface area contributed by atoms with E-state index in [4.69, 9.17) is 5.11 Å². The van der Waals surface area contributed by atoms with Gasteiger partial charge in [0.05, 0.1) is 17.5 Å². The van der Waals surface area contributed by atoms with E-state index in [-0.39, 0.29) is 11.3 Å². The Bertz CT molecular complexity index is 431. The van der Waals surface area contributed by atoms with Gasteiger partial charge in [0.25, 0.3) is 0 Å². The number of allylic oxidation sites excluding steroid dienone is 2. The molecule has 0 unspecified atom stereocenters. The van der Waals surface area contributed by atoms with Crippen LogP contribution in [0.4, 0.5) is 0 Å². The quantitative estimate of drug-likeness (QED) is 0.537. The molecule has 0 rings (SSSR count). The van der Waals surface area contributed by atoms with Crippen LogP contribution in [0.25, 0.3) is 0 Å². The Hall–Kier alpha value is -1.56. The van der Waals surface area contributed by atoms with Crippen molar-refractivity contribution in [1.82, 2.24) is 4.72 Å². The summed E-state index contributed by atoms with van der Waals surface area (Å²) in [6.45, 7) is 8.43. The van der Waals surface area contributed by atoms with E-state index in [9.17, 15) is 13.2 Å².